The highest BCUT2D eigenvalue weighted by Crippen LogP contribution is 2.23. The predicted molar refractivity (Wildman–Crippen MR) is 119 cm³/mol. The van der Waals surface area contributed by atoms with Crippen molar-refractivity contribution >= 4 is 35.2 Å². The molecule has 3 aromatic carbocycles. The molecule has 0 aliphatic heterocycles. The second kappa shape index (κ2) is 10.0. The van der Waals surface area contributed by atoms with Gasteiger partial charge in [0.05, 0.1) is 11.8 Å². The minimum absolute atomic E-state index is 0.0225. The number of carboxylic acid groups (broad SMARTS) is 1. The number of nitrogens with zero attached hydrogens (tertiary/aromatic N) is 1. The Labute approximate surface area is 178 Å². The summed E-state index contributed by atoms with van der Waals surface area (Å²) in [5, 5.41) is 26.2. The molecule has 0 spiro atoms. The van der Waals surface area contributed by atoms with Gasteiger partial charge in [0.1, 0.15) is 18.1 Å². The van der Waals surface area contributed by atoms with Crippen LogP contribution in [0.3, 0.4) is 0 Å². The van der Waals surface area contributed by atoms with E-state index in [9.17, 15) is 9.90 Å². The number of hydrogen-bond donors (Lipinski definition) is 4. The van der Waals surface area contributed by atoms with Crippen molar-refractivity contribution in [2.45, 2.75) is 6.61 Å². The number of phenols is 1. The van der Waals surface area contributed by atoms with Gasteiger partial charge in [-0.15, -0.1) is 0 Å². The molecule has 0 unspecified atom stereocenters. The Balaban J connectivity index is 1.51. The van der Waals surface area contributed by atoms with Crippen LogP contribution in [0.15, 0.2) is 77.9 Å². The fraction of sp³-hybridized carbons (Fsp3) is 0.0455. The SMILES string of the molecule is O=C(O)c1ccc(NC(=S)NN=Cc2ccc(OCc3ccccc3)cc2O)cc1. The van der Waals surface area contributed by atoms with Crippen LogP contribution in [-0.4, -0.2) is 27.5 Å². The van der Waals surface area contributed by atoms with Crippen molar-refractivity contribution in [3.63, 3.8) is 0 Å². The van der Waals surface area contributed by atoms with Crippen molar-refractivity contribution in [2.75, 3.05) is 5.32 Å². The number of ether oxygens (including phenoxy) is 1. The van der Waals surface area contributed by atoms with Crippen molar-refractivity contribution < 1.29 is 19.7 Å². The van der Waals surface area contributed by atoms with E-state index >= 15 is 0 Å². The lowest BCUT2D eigenvalue weighted by Crippen LogP contribution is -2.23. The smallest absolute Gasteiger partial charge is 0.335 e. The molecule has 0 radical (unpaired) electrons. The third kappa shape index (κ3) is 6.05. The van der Waals surface area contributed by atoms with E-state index in [-0.39, 0.29) is 16.4 Å². The van der Waals surface area contributed by atoms with Crippen LogP contribution in [0.5, 0.6) is 11.5 Å². The van der Waals surface area contributed by atoms with Crippen molar-refractivity contribution in [3.05, 3.63) is 89.5 Å². The van der Waals surface area contributed by atoms with Crippen molar-refractivity contribution in [1.29, 1.82) is 0 Å². The van der Waals surface area contributed by atoms with E-state index in [1.807, 2.05) is 30.3 Å². The fourth-order valence-electron chi connectivity index (χ4n) is 2.48. The number of carboxylic acids is 1. The Morgan fingerprint density at radius 3 is 2.47 bits per heavy atom. The van der Waals surface area contributed by atoms with E-state index in [2.05, 4.69) is 15.8 Å². The molecular formula is C22H19N3O4S. The van der Waals surface area contributed by atoms with Gasteiger partial charge in [-0.1, -0.05) is 30.3 Å². The fourth-order valence-corrected chi connectivity index (χ4v) is 2.65. The Morgan fingerprint density at radius 2 is 1.80 bits per heavy atom. The molecule has 3 aromatic rings. The van der Waals surface area contributed by atoms with E-state index in [1.165, 1.54) is 24.4 Å². The third-order valence-corrected chi connectivity index (χ3v) is 4.20. The predicted octanol–water partition coefficient (Wildman–Crippen LogP) is 3.99. The van der Waals surface area contributed by atoms with Gasteiger partial charge < -0.3 is 20.3 Å². The number of carbonyl (C=O) groups is 1. The van der Waals surface area contributed by atoms with Crippen LogP contribution in [0.1, 0.15) is 21.5 Å². The molecule has 3 rings (SSSR count). The van der Waals surface area contributed by atoms with Gasteiger partial charge in [-0.25, -0.2) is 4.79 Å². The highest BCUT2D eigenvalue weighted by Gasteiger charge is 2.04. The van der Waals surface area contributed by atoms with Crippen molar-refractivity contribution in [2.24, 2.45) is 5.10 Å². The van der Waals surface area contributed by atoms with Crippen LogP contribution in [0, 0.1) is 0 Å². The monoisotopic (exact) mass is 421 g/mol. The largest absolute Gasteiger partial charge is 0.507 e. The van der Waals surface area contributed by atoms with Crippen LogP contribution in [0.25, 0.3) is 0 Å². The average Bonchev–Trinajstić information content (AvgIpc) is 2.75. The van der Waals surface area contributed by atoms with Gasteiger partial charge in [-0.2, -0.15) is 5.10 Å². The standard InChI is InChI=1S/C22H19N3O4S/c26-20-12-19(29-14-15-4-2-1-3-5-15)11-8-17(20)13-23-25-22(30)24-18-9-6-16(7-10-18)21(27)28/h1-13,26H,14H2,(H,27,28)(H2,24,25,30). The van der Waals surface area contributed by atoms with E-state index in [0.29, 0.717) is 23.6 Å². The Morgan fingerprint density at radius 1 is 1.07 bits per heavy atom. The molecule has 0 atom stereocenters. The zero-order valence-corrected chi connectivity index (χ0v) is 16.6. The lowest BCUT2D eigenvalue weighted by atomic mass is 10.2. The zero-order chi connectivity index (χ0) is 21.3. The molecule has 8 heteroatoms. The van der Waals surface area contributed by atoms with Crippen molar-refractivity contribution in [3.8, 4) is 11.5 Å². The Kier molecular flexibility index (Phi) is 6.96. The maximum absolute atomic E-state index is 10.9. The number of phenolic OH excluding ortho intramolecular Hbond substituents is 1. The van der Waals surface area contributed by atoms with E-state index < -0.39 is 5.97 Å². The van der Waals surface area contributed by atoms with E-state index in [1.54, 1.807) is 24.3 Å². The topological polar surface area (TPSA) is 103 Å². The number of hydrazone groups is 1. The summed E-state index contributed by atoms with van der Waals surface area (Å²) >= 11 is 5.14. The number of hydrogen-bond acceptors (Lipinski definition) is 5. The molecule has 30 heavy (non-hydrogen) atoms. The molecule has 152 valence electrons. The van der Waals surface area contributed by atoms with Crippen LogP contribution in [0.2, 0.25) is 0 Å². The van der Waals surface area contributed by atoms with Crippen molar-refractivity contribution in [1.82, 2.24) is 5.43 Å². The number of nitrogens with one attached hydrogen (secondary N) is 2. The van der Waals surface area contributed by atoms with Gasteiger partial charge in [0, 0.05) is 17.3 Å². The van der Waals surface area contributed by atoms with Crippen LogP contribution >= 0.6 is 12.2 Å². The van der Waals surface area contributed by atoms with E-state index in [4.69, 9.17) is 22.1 Å². The summed E-state index contributed by atoms with van der Waals surface area (Å²) in [6, 6.07) is 20.8. The first-order chi connectivity index (χ1) is 14.5. The second-order valence-corrected chi connectivity index (χ2v) is 6.61. The average molecular weight is 421 g/mol. The van der Waals surface area contributed by atoms with Gasteiger partial charge in [-0.05, 0) is 54.2 Å². The molecule has 0 amide bonds. The highest BCUT2D eigenvalue weighted by molar-refractivity contribution is 7.80. The number of benzene rings is 3. The number of anilines is 1. The number of rotatable bonds is 7. The molecule has 0 saturated heterocycles. The highest BCUT2D eigenvalue weighted by atomic mass is 32.1. The lowest BCUT2D eigenvalue weighted by molar-refractivity contribution is 0.0697. The summed E-state index contributed by atoms with van der Waals surface area (Å²) in [7, 11) is 0. The van der Waals surface area contributed by atoms with Crippen LogP contribution in [-0.2, 0) is 6.61 Å². The summed E-state index contributed by atoms with van der Waals surface area (Å²) in [5.74, 6) is -0.430. The summed E-state index contributed by atoms with van der Waals surface area (Å²) in [4.78, 5) is 10.9. The molecule has 0 bridgehead atoms. The Hall–Kier alpha value is -3.91. The Bertz CT molecular complexity index is 1050. The van der Waals surface area contributed by atoms with Crippen LogP contribution in [0.4, 0.5) is 5.69 Å². The molecular weight excluding hydrogens is 402 g/mol. The maximum Gasteiger partial charge on any atom is 0.335 e. The van der Waals surface area contributed by atoms with Gasteiger partial charge in [0.15, 0.2) is 5.11 Å². The molecule has 0 heterocycles. The molecule has 4 N–H and O–H groups in total. The zero-order valence-electron chi connectivity index (χ0n) is 15.8. The normalized spacial score (nSPS) is 10.5. The second-order valence-electron chi connectivity index (χ2n) is 6.20. The first kappa shape index (κ1) is 20.8. The summed E-state index contributed by atoms with van der Waals surface area (Å²) in [6.07, 6.45) is 1.43. The summed E-state index contributed by atoms with van der Waals surface area (Å²) in [6.45, 7) is 0.405. The first-order valence-corrected chi connectivity index (χ1v) is 9.35. The molecule has 0 fully saturated rings. The lowest BCUT2D eigenvalue weighted by Gasteiger charge is -2.08. The molecule has 0 saturated carbocycles. The number of aromatic carboxylic acids is 1. The molecule has 0 aliphatic rings. The van der Waals surface area contributed by atoms with Gasteiger partial charge >= 0.3 is 5.97 Å². The van der Waals surface area contributed by atoms with Gasteiger partial charge in [0.25, 0.3) is 0 Å². The van der Waals surface area contributed by atoms with Crippen LogP contribution < -0.4 is 15.5 Å². The van der Waals surface area contributed by atoms with Gasteiger partial charge in [0.2, 0.25) is 0 Å². The maximum atomic E-state index is 10.9. The van der Waals surface area contributed by atoms with E-state index in [0.717, 1.165) is 5.56 Å². The number of thiocarbonyl (C=S) groups is 1. The minimum atomic E-state index is -0.997. The molecule has 7 nitrogen and oxygen atoms in total. The number of aromatic hydroxyl groups is 1. The third-order valence-electron chi connectivity index (χ3n) is 4.01. The summed E-state index contributed by atoms with van der Waals surface area (Å²) in [5.41, 5.74) is 4.96. The van der Waals surface area contributed by atoms with Gasteiger partial charge in [-0.3, -0.25) is 5.43 Å². The quantitative estimate of drug-likeness (QED) is 0.260. The molecule has 0 aliphatic carbocycles. The molecule has 0 aromatic heterocycles. The minimum Gasteiger partial charge on any atom is -0.507 e. The summed E-state index contributed by atoms with van der Waals surface area (Å²) < 4.78 is 5.67. The first-order valence-electron chi connectivity index (χ1n) is 8.94.